The highest BCUT2D eigenvalue weighted by Gasteiger charge is 2.41. The molecular weight excluding hydrogens is 502 g/mol. The summed E-state index contributed by atoms with van der Waals surface area (Å²) in [6.45, 7) is 3.30. The van der Waals surface area contributed by atoms with Crippen LogP contribution in [0.25, 0.3) is 0 Å². The van der Waals surface area contributed by atoms with E-state index in [1.165, 1.54) is 9.80 Å². The summed E-state index contributed by atoms with van der Waals surface area (Å²) in [4.78, 5) is 43.3. The molecule has 2 fully saturated rings. The Morgan fingerprint density at radius 3 is 2.46 bits per heavy atom. The minimum absolute atomic E-state index is 0.0674. The maximum Gasteiger partial charge on any atom is 0.407 e. The lowest BCUT2D eigenvalue weighted by Crippen LogP contribution is -2.53. The Balaban J connectivity index is 1.32. The van der Waals surface area contributed by atoms with Gasteiger partial charge in [-0.05, 0) is 55.5 Å². The molecule has 5 rings (SSSR count). The number of amides is 3. The Morgan fingerprint density at radius 2 is 1.79 bits per heavy atom. The highest BCUT2D eigenvalue weighted by molar-refractivity contribution is 6.00. The Labute approximate surface area is 227 Å². The molecule has 0 radical (unpaired) electrons. The molecule has 2 N–H and O–H groups in total. The van der Waals surface area contributed by atoms with Crippen LogP contribution >= 0.6 is 0 Å². The van der Waals surface area contributed by atoms with Gasteiger partial charge in [0.05, 0.1) is 49.6 Å². The van der Waals surface area contributed by atoms with Gasteiger partial charge in [0.1, 0.15) is 5.75 Å². The van der Waals surface area contributed by atoms with Crippen LogP contribution in [-0.4, -0.2) is 100 Å². The van der Waals surface area contributed by atoms with E-state index in [1.54, 1.807) is 32.2 Å². The van der Waals surface area contributed by atoms with Crippen molar-refractivity contribution in [2.45, 2.75) is 57.0 Å². The van der Waals surface area contributed by atoms with Crippen LogP contribution in [0.15, 0.2) is 42.5 Å². The molecule has 4 atom stereocenters. The van der Waals surface area contributed by atoms with Crippen molar-refractivity contribution in [3.05, 3.63) is 64.7 Å². The molecule has 0 aromatic heterocycles. The van der Waals surface area contributed by atoms with Gasteiger partial charge in [0, 0.05) is 25.7 Å². The molecule has 2 bridgehead atoms. The molecular formula is C29H35N3O7. The van der Waals surface area contributed by atoms with E-state index in [1.807, 2.05) is 29.2 Å². The molecule has 10 nitrogen and oxygen atoms in total. The number of hydrogen-bond donors (Lipinski definition) is 2. The lowest BCUT2D eigenvalue weighted by Gasteiger charge is -2.38. The first-order valence-electron chi connectivity index (χ1n) is 13.5. The second-order valence-corrected chi connectivity index (χ2v) is 10.5. The summed E-state index contributed by atoms with van der Waals surface area (Å²) < 4.78 is 11.4. The number of ether oxygens (including phenoxy) is 2. The molecule has 2 aromatic rings. The number of carboxylic acid groups (broad SMARTS) is 1. The minimum atomic E-state index is -1.12. The Kier molecular flexibility index (Phi) is 7.76. The van der Waals surface area contributed by atoms with Crippen LogP contribution in [0.1, 0.15) is 51.6 Å². The molecule has 3 unspecified atom stereocenters. The number of benzene rings is 2. The normalized spacial score (nSPS) is 22.7. The highest BCUT2D eigenvalue weighted by Crippen LogP contribution is 2.32. The smallest absolute Gasteiger partial charge is 0.407 e. The number of rotatable bonds is 7. The number of hydrogen-bond acceptors (Lipinski definition) is 6. The number of morpholine rings is 1. The standard InChI is InChI=1S/C29H35N3O7/c1-3-39-26-13-19(27(34)32-21-9-10-22(32)17-38-16-21)8-11-23(26)28(35)30(2)15-25(33)24-12-18-6-4-5-7-20(18)14-31(24)29(36)37/h4-8,11,13,21-22,24-25,33H,3,9-10,12,14-17H2,1-2H3,(H,36,37)/t21?,22?,24?,25-/m1/s1. The first-order valence-corrected chi connectivity index (χ1v) is 13.5. The molecule has 208 valence electrons. The van der Waals surface area contributed by atoms with Gasteiger partial charge < -0.3 is 29.5 Å². The predicted octanol–water partition coefficient (Wildman–Crippen LogP) is 2.63. The van der Waals surface area contributed by atoms with Crippen LogP contribution in [0, 0.1) is 0 Å². The zero-order valence-electron chi connectivity index (χ0n) is 22.3. The average molecular weight is 538 g/mol. The molecule has 39 heavy (non-hydrogen) atoms. The molecule has 3 heterocycles. The molecule has 10 heteroatoms. The van der Waals surface area contributed by atoms with Crippen molar-refractivity contribution >= 4 is 17.9 Å². The van der Waals surface area contributed by atoms with Crippen LogP contribution in [0.2, 0.25) is 0 Å². The Morgan fingerprint density at radius 1 is 1.10 bits per heavy atom. The van der Waals surface area contributed by atoms with E-state index in [2.05, 4.69) is 0 Å². The van der Waals surface area contributed by atoms with E-state index in [4.69, 9.17) is 9.47 Å². The summed E-state index contributed by atoms with van der Waals surface area (Å²) in [5.41, 5.74) is 2.63. The second-order valence-electron chi connectivity index (χ2n) is 10.5. The fourth-order valence-corrected chi connectivity index (χ4v) is 6.01. The summed E-state index contributed by atoms with van der Waals surface area (Å²) in [5, 5.41) is 20.9. The van der Waals surface area contributed by atoms with Gasteiger partial charge in [-0.25, -0.2) is 4.79 Å². The maximum absolute atomic E-state index is 13.5. The van der Waals surface area contributed by atoms with E-state index in [-0.39, 0.29) is 42.6 Å². The molecule has 3 aliphatic rings. The number of aliphatic hydroxyl groups is 1. The van der Waals surface area contributed by atoms with Gasteiger partial charge in [-0.2, -0.15) is 0 Å². The fourth-order valence-electron chi connectivity index (χ4n) is 6.01. The first-order chi connectivity index (χ1) is 18.8. The van der Waals surface area contributed by atoms with Gasteiger partial charge in [0.15, 0.2) is 0 Å². The summed E-state index contributed by atoms with van der Waals surface area (Å²) >= 11 is 0. The van der Waals surface area contributed by atoms with Gasteiger partial charge in [-0.1, -0.05) is 24.3 Å². The second kappa shape index (κ2) is 11.2. The van der Waals surface area contributed by atoms with Crippen LogP contribution in [0.5, 0.6) is 5.75 Å². The summed E-state index contributed by atoms with van der Waals surface area (Å²) in [7, 11) is 1.56. The summed E-state index contributed by atoms with van der Waals surface area (Å²) in [5.74, 6) is -0.184. The predicted molar refractivity (Wildman–Crippen MR) is 142 cm³/mol. The Bertz CT molecular complexity index is 1240. The molecule has 3 aliphatic heterocycles. The van der Waals surface area contributed by atoms with Gasteiger partial charge in [-0.3, -0.25) is 14.5 Å². The van der Waals surface area contributed by atoms with Crippen molar-refractivity contribution in [1.82, 2.24) is 14.7 Å². The monoisotopic (exact) mass is 537 g/mol. The summed E-state index contributed by atoms with van der Waals surface area (Å²) in [6.07, 6.45) is -0.0168. The van der Waals surface area contributed by atoms with E-state index in [0.717, 1.165) is 24.0 Å². The molecule has 2 saturated heterocycles. The van der Waals surface area contributed by atoms with E-state index < -0.39 is 18.2 Å². The van der Waals surface area contributed by atoms with Crippen molar-refractivity contribution < 1.29 is 34.1 Å². The van der Waals surface area contributed by atoms with Gasteiger partial charge >= 0.3 is 6.09 Å². The first kappa shape index (κ1) is 27.0. The van der Waals surface area contributed by atoms with Crippen molar-refractivity contribution in [2.24, 2.45) is 0 Å². The number of aliphatic hydroxyl groups excluding tert-OH is 1. The lowest BCUT2D eigenvalue weighted by molar-refractivity contribution is -0.00718. The van der Waals surface area contributed by atoms with Gasteiger partial charge in [-0.15, -0.1) is 0 Å². The average Bonchev–Trinajstić information content (AvgIpc) is 3.18. The van der Waals surface area contributed by atoms with Crippen molar-refractivity contribution in [2.75, 3.05) is 33.4 Å². The van der Waals surface area contributed by atoms with Crippen LogP contribution < -0.4 is 4.74 Å². The maximum atomic E-state index is 13.5. The molecule has 2 aromatic carbocycles. The van der Waals surface area contributed by atoms with E-state index in [0.29, 0.717) is 37.6 Å². The third kappa shape index (κ3) is 5.31. The molecule has 0 aliphatic carbocycles. The van der Waals surface area contributed by atoms with Crippen molar-refractivity contribution in [1.29, 1.82) is 0 Å². The summed E-state index contributed by atoms with van der Waals surface area (Å²) in [6, 6.07) is 11.9. The van der Waals surface area contributed by atoms with Crippen LogP contribution in [0.3, 0.4) is 0 Å². The third-order valence-corrected chi connectivity index (χ3v) is 8.02. The van der Waals surface area contributed by atoms with Crippen molar-refractivity contribution in [3.8, 4) is 5.75 Å². The van der Waals surface area contributed by atoms with Gasteiger partial charge in [0.25, 0.3) is 11.8 Å². The molecule has 3 amide bonds. The largest absolute Gasteiger partial charge is 0.493 e. The topological polar surface area (TPSA) is 120 Å². The van der Waals surface area contributed by atoms with Crippen LogP contribution in [0.4, 0.5) is 4.79 Å². The number of carbonyl (C=O) groups excluding carboxylic acids is 2. The van der Waals surface area contributed by atoms with E-state index >= 15 is 0 Å². The number of carbonyl (C=O) groups is 3. The van der Waals surface area contributed by atoms with Gasteiger partial charge in [0.2, 0.25) is 0 Å². The number of nitrogens with zero attached hydrogens (tertiary/aromatic N) is 3. The number of fused-ring (bicyclic) bond motifs is 3. The minimum Gasteiger partial charge on any atom is -0.493 e. The van der Waals surface area contributed by atoms with Crippen LogP contribution in [-0.2, 0) is 17.7 Å². The SMILES string of the molecule is CCOc1cc(C(=O)N2C3CCC2COC3)ccc1C(=O)N(C)C[C@@H](O)C1Cc2ccccc2CN1C(=O)O. The van der Waals surface area contributed by atoms with E-state index in [9.17, 15) is 24.6 Å². The van der Waals surface area contributed by atoms with Crippen molar-refractivity contribution in [3.63, 3.8) is 0 Å². The molecule has 0 spiro atoms. The fraction of sp³-hybridized carbons (Fsp3) is 0.483. The lowest BCUT2D eigenvalue weighted by atomic mass is 9.91. The highest BCUT2D eigenvalue weighted by atomic mass is 16.5. The zero-order valence-corrected chi connectivity index (χ0v) is 22.3. The zero-order chi connectivity index (χ0) is 27.7. The third-order valence-electron chi connectivity index (χ3n) is 8.02. The Hall–Kier alpha value is -3.63. The quantitative estimate of drug-likeness (QED) is 0.557. The number of likely N-dealkylation sites (N-methyl/N-ethyl adjacent to an activating group) is 1. The molecule has 0 saturated carbocycles.